The Balaban J connectivity index is 1.75. The van der Waals surface area contributed by atoms with E-state index in [1.165, 1.54) is 5.56 Å². The number of Topliss-reactive ketones (excluding diaryl/α,β-unsaturated/α-hetero) is 1. The lowest BCUT2D eigenvalue weighted by Crippen LogP contribution is -2.42. The molecule has 0 heterocycles. The third-order valence-electron chi connectivity index (χ3n) is 5.71. The zero-order valence-electron chi connectivity index (χ0n) is 13.8. The van der Waals surface area contributed by atoms with Crippen molar-refractivity contribution in [3.63, 3.8) is 0 Å². The number of nitriles is 1. The van der Waals surface area contributed by atoms with Gasteiger partial charge >= 0.3 is 0 Å². The molecule has 116 valence electrons. The van der Waals surface area contributed by atoms with E-state index in [1.54, 1.807) is 0 Å². The van der Waals surface area contributed by atoms with Crippen molar-refractivity contribution in [2.45, 2.75) is 52.4 Å². The highest BCUT2D eigenvalue weighted by Gasteiger charge is 2.62. The zero-order chi connectivity index (χ0) is 15.9. The Hall–Kier alpha value is -1.62. The number of fused-ring (bicyclic) bond motifs is 1. The summed E-state index contributed by atoms with van der Waals surface area (Å²) in [5.74, 6) is 1.42. The smallest absolute Gasteiger partial charge is 0.147 e. The second-order valence-electron chi connectivity index (χ2n) is 7.77. The first kappa shape index (κ1) is 15.3. The summed E-state index contributed by atoms with van der Waals surface area (Å²) in [5.41, 5.74) is 2.10. The summed E-state index contributed by atoms with van der Waals surface area (Å²) in [5, 5.41) is 9.35. The van der Waals surface area contributed by atoms with Gasteiger partial charge in [-0.3, -0.25) is 4.79 Å². The van der Waals surface area contributed by atoms with Crippen molar-refractivity contribution in [2.24, 2.45) is 23.2 Å². The molecule has 2 bridgehead atoms. The number of benzene rings is 1. The van der Waals surface area contributed by atoms with Crippen molar-refractivity contribution in [3.8, 4) is 6.07 Å². The van der Waals surface area contributed by atoms with E-state index < -0.39 is 0 Å². The van der Waals surface area contributed by atoms with Crippen molar-refractivity contribution in [1.29, 1.82) is 5.26 Å². The minimum Gasteiger partial charge on any atom is -0.298 e. The first-order chi connectivity index (χ1) is 10.5. The average Bonchev–Trinajstić information content (AvgIpc) is 3.01. The zero-order valence-corrected chi connectivity index (χ0v) is 13.8. The quantitative estimate of drug-likeness (QED) is 0.802. The van der Waals surface area contributed by atoms with Gasteiger partial charge in [0.2, 0.25) is 0 Å². The van der Waals surface area contributed by atoms with Gasteiger partial charge < -0.3 is 0 Å². The summed E-state index contributed by atoms with van der Waals surface area (Å²) in [7, 11) is 0. The molecule has 3 aliphatic rings. The summed E-state index contributed by atoms with van der Waals surface area (Å²) in [6.07, 6.45) is 3.90. The highest BCUT2D eigenvalue weighted by atomic mass is 16.1. The van der Waals surface area contributed by atoms with Crippen LogP contribution in [-0.4, -0.2) is 5.78 Å². The van der Waals surface area contributed by atoms with Crippen LogP contribution in [0.15, 0.2) is 24.3 Å². The molecule has 3 fully saturated rings. The number of hydrogen-bond donors (Lipinski definition) is 0. The van der Waals surface area contributed by atoms with Crippen LogP contribution in [-0.2, 0) is 11.2 Å². The lowest BCUT2D eigenvalue weighted by molar-refractivity contribution is -0.135. The Kier molecular flexibility index (Phi) is 3.85. The fourth-order valence-electron chi connectivity index (χ4n) is 4.53. The third-order valence-corrected chi connectivity index (χ3v) is 5.71. The molecule has 2 unspecified atom stereocenters. The summed E-state index contributed by atoms with van der Waals surface area (Å²) < 4.78 is 0. The molecule has 22 heavy (non-hydrogen) atoms. The van der Waals surface area contributed by atoms with Crippen LogP contribution in [0.25, 0.3) is 0 Å². The fraction of sp³-hybridized carbons (Fsp3) is 0.600. The third kappa shape index (κ3) is 2.37. The van der Waals surface area contributed by atoms with E-state index in [-0.39, 0.29) is 17.3 Å². The largest absolute Gasteiger partial charge is 0.298 e. The van der Waals surface area contributed by atoms with Crippen molar-refractivity contribution < 1.29 is 4.79 Å². The van der Waals surface area contributed by atoms with Gasteiger partial charge in [0.15, 0.2) is 0 Å². The number of ketones is 1. The molecule has 3 saturated carbocycles. The van der Waals surface area contributed by atoms with E-state index in [1.807, 2.05) is 6.92 Å². The lowest BCUT2D eigenvalue weighted by atomic mass is 9.61. The van der Waals surface area contributed by atoms with Crippen LogP contribution in [0.4, 0.5) is 0 Å². The van der Waals surface area contributed by atoms with Gasteiger partial charge in [-0.2, -0.15) is 5.26 Å². The van der Waals surface area contributed by atoms with Crippen molar-refractivity contribution in [2.75, 3.05) is 0 Å². The summed E-state index contributed by atoms with van der Waals surface area (Å²) in [6.45, 7) is 6.44. The normalized spacial score (nSPS) is 30.7. The Morgan fingerprint density at radius 1 is 1.27 bits per heavy atom. The highest BCUT2D eigenvalue weighted by Crippen LogP contribution is 2.63. The first-order valence-electron chi connectivity index (χ1n) is 8.49. The van der Waals surface area contributed by atoms with E-state index in [0.29, 0.717) is 17.6 Å². The molecule has 0 saturated heterocycles. The van der Waals surface area contributed by atoms with Crippen LogP contribution in [0.2, 0.25) is 0 Å². The topological polar surface area (TPSA) is 40.9 Å². The van der Waals surface area contributed by atoms with Crippen LogP contribution < -0.4 is 0 Å². The van der Waals surface area contributed by atoms with Gasteiger partial charge in [0.25, 0.3) is 0 Å². The Morgan fingerprint density at radius 2 is 1.91 bits per heavy atom. The number of carbonyl (C=O) groups is 1. The number of nitrogens with zero attached hydrogens (tertiary/aromatic N) is 1. The predicted octanol–water partition coefficient (Wildman–Crippen LogP) is 4.50. The number of rotatable bonds is 5. The van der Waals surface area contributed by atoms with Crippen LogP contribution in [0, 0.1) is 34.5 Å². The van der Waals surface area contributed by atoms with Crippen molar-refractivity contribution in [3.05, 3.63) is 35.4 Å². The van der Waals surface area contributed by atoms with Crippen LogP contribution in [0.3, 0.4) is 0 Å². The van der Waals surface area contributed by atoms with Crippen LogP contribution >= 0.6 is 0 Å². The van der Waals surface area contributed by atoms with E-state index in [0.717, 1.165) is 31.2 Å². The average molecular weight is 295 g/mol. The van der Waals surface area contributed by atoms with Gasteiger partial charge in [0.05, 0.1) is 12.0 Å². The minimum absolute atomic E-state index is 0.0485. The molecule has 0 aliphatic heterocycles. The summed E-state index contributed by atoms with van der Waals surface area (Å²) >= 11 is 0. The maximum absolute atomic E-state index is 13.0. The predicted molar refractivity (Wildman–Crippen MR) is 87.3 cm³/mol. The first-order valence-corrected chi connectivity index (χ1v) is 8.49. The molecule has 1 aromatic rings. The molecule has 0 spiro atoms. The van der Waals surface area contributed by atoms with Gasteiger partial charge in [0, 0.05) is 11.3 Å². The van der Waals surface area contributed by atoms with E-state index >= 15 is 0 Å². The molecule has 2 nitrogen and oxygen atoms in total. The standard InChI is InChI=1S/C20H25NO/c1-13(2)8-15-4-6-17(7-5-15)14(3)19(22)20-10-16(11-20)9-18(20)12-21/h4-7,13-14,16,18H,8-11H2,1-3H3. The lowest BCUT2D eigenvalue weighted by Gasteiger charge is -2.40. The van der Waals surface area contributed by atoms with E-state index in [4.69, 9.17) is 0 Å². The fourth-order valence-corrected chi connectivity index (χ4v) is 4.53. The molecule has 0 amide bonds. The Labute approximate surface area is 133 Å². The molecule has 2 atom stereocenters. The molecular weight excluding hydrogens is 270 g/mol. The number of carbonyl (C=O) groups excluding carboxylic acids is 1. The molecule has 1 aromatic carbocycles. The van der Waals surface area contributed by atoms with Crippen LogP contribution in [0.5, 0.6) is 0 Å². The molecular formula is C20H25NO. The molecule has 2 heteroatoms. The Bertz CT molecular complexity index is 602. The van der Waals surface area contributed by atoms with Gasteiger partial charge in [-0.05, 0) is 48.6 Å². The van der Waals surface area contributed by atoms with E-state index in [9.17, 15) is 10.1 Å². The van der Waals surface area contributed by atoms with Crippen LogP contribution in [0.1, 0.15) is 57.1 Å². The molecule has 3 aliphatic carbocycles. The molecule has 0 N–H and O–H groups in total. The minimum atomic E-state index is -0.324. The summed E-state index contributed by atoms with van der Waals surface area (Å²) in [4.78, 5) is 13.0. The van der Waals surface area contributed by atoms with Gasteiger partial charge in [-0.25, -0.2) is 0 Å². The second-order valence-corrected chi connectivity index (χ2v) is 7.77. The Morgan fingerprint density at radius 3 is 2.45 bits per heavy atom. The van der Waals surface area contributed by atoms with E-state index in [2.05, 4.69) is 44.2 Å². The SMILES string of the molecule is CC(C)Cc1ccc(C(C)C(=O)C23CC(CC2C#N)C3)cc1. The molecule has 0 aromatic heterocycles. The molecule has 4 rings (SSSR count). The molecule has 0 radical (unpaired) electrons. The van der Waals surface area contributed by atoms with Gasteiger partial charge in [-0.15, -0.1) is 0 Å². The van der Waals surface area contributed by atoms with Gasteiger partial charge in [0.1, 0.15) is 5.78 Å². The summed E-state index contributed by atoms with van der Waals surface area (Å²) in [6, 6.07) is 10.9. The maximum atomic E-state index is 13.0. The van der Waals surface area contributed by atoms with Crippen molar-refractivity contribution >= 4 is 5.78 Å². The monoisotopic (exact) mass is 295 g/mol. The highest BCUT2D eigenvalue weighted by molar-refractivity contribution is 5.92. The van der Waals surface area contributed by atoms with Crippen molar-refractivity contribution in [1.82, 2.24) is 0 Å². The second kappa shape index (κ2) is 5.54. The number of hydrogen-bond acceptors (Lipinski definition) is 2. The van der Waals surface area contributed by atoms with Gasteiger partial charge in [-0.1, -0.05) is 45.0 Å². The maximum Gasteiger partial charge on any atom is 0.147 e.